The molecule has 0 saturated heterocycles. The summed E-state index contributed by atoms with van der Waals surface area (Å²) in [5.41, 5.74) is 2.09. The third kappa shape index (κ3) is 2.79. The maximum absolute atomic E-state index is 14.4. The molecule has 3 nitrogen and oxygen atoms in total. The molecule has 1 aromatic heterocycles. The van der Waals surface area contributed by atoms with Crippen LogP contribution in [0.25, 0.3) is 11.3 Å². The second kappa shape index (κ2) is 5.72. The summed E-state index contributed by atoms with van der Waals surface area (Å²) in [5.74, 6) is 1.79. The van der Waals surface area contributed by atoms with Crippen molar-refractivity contribution in [1.82, 2.24) is 9.97 Å². The maximum atomic E-state index is 14.4. The van der Waals surface area contributed by atoms with Crippen LogP contribution < -0.4 is 5.32 Å². The monoisotopic (exact) mass is 349 g/mol. The lowest BCUT2D eigenvalue weighted by Gasteiger charge is -2.14. The molecular weight excluding hydrogens is 333 g/mol. The fourth-order valence-electron chi connectivity index (χ4n) is 2.35. The first-order chi connectivity index (χ1) is 10.1. The van der Waals surface area contributed by atoms with E-state index in [4.69, 9.17) is 0 Å². The number of aromatic nitrogens is 2. The summed E-state index contributed by atoms with van der Waals surface area (Å²) in [4.78, 5) is 9.24. The van der Waals surface area contributed by atoms with E-state index in [1.54, 1.807) is 12.1 Å². The number of nitrogens with zero attached hydrogens (tertiary/aromatic N) is 2. The first kappa shape index (κ1) is 14.4. The SMILES string of the molecule is CCNc1nc(C2CC2)nc(-c2cccc(Br)c2F)c1C. The number of halogens is 2. The smallest absolute Gasteiger partial charge is 0.146 e. The zero-order chi connectivity index (χ0) is 15.0. The van der Waals surface area contributed by atoms with E-state index in [1.165, 1.54) is 0 Å². The molecule has 1 aliphatic rings. The van der Waals surface area contributed by atoms with Crippen LogP contribution >= 0.6 is 15.9 Å². The lowest BCUT2D eigenvalue weighted by atomic mass is 10.1. The molecule has 110 valence electrons. The van der Waals surface area contributed by atoms with Crippen molar-refractivity contribution in [3.63, 3.8) is 0 Å². The van der Waals surface area contributed by atoms with Gasteiger partial charge in [0.15, 0.2) is 0 Å². The highest BCUT2D eigenvalue weighted by Crippen LogP contribution is 2.40. The van der Waals surface area contributed by atoms with E-state index < -0.39 is 0 Å². The Bertz CT molecular complexity index is 683. The minimum Gasteiger partial charge on any atom is -0.370 e. The Morgan fingerprint density at radius 1 is 1.33 bits per heavy atom. The number of rotatable bonds is 4. The van der Waals surface area contributed by atoms with Gasteiger partial charge in [-0.05, 0) is 54.8 Å². The van der Waals surface area contributed by atoms with Gasteiger partial charge < -0.3 is 5.32 Å². The van der Waals surface area contributed by atoms with Gasteiger partial charge in [-0.15, -0.1) is 0 Å². The van der Waals surface area contributed by atoms with Gasteiger partial charge >= 0.3 is 0 Å². The molecule has 0 bridgehead atoms. The Hall–Kier alpha value is -1.49. The summed E-state index contributed by atoms with van der Waals surface area (Å²) >= 11 is 3.24. The molecule has 1 fully saturated rings. The van der Waals surface area contributed by atoms with Gasteiger partial charge in [0.05, 0.1) is 10.2 Å². The van der Waals surface area contributed by atoms with E-state index in [0.717, 1.165) is 36.6 Å². The van der Waals surface area contributed by atoms with Crippen LogP contribution in [0.1, 0.15) is 37.1 Å². The van der Waals surface area contributed by atoms with Gasteiger partial charge in [0, 0.05) is 23.6 Å². The fraction of sp³-hybridized carbons (Fsp3) is 0.375. The molecule has 1 N–H and O–H groups in total. The van der Waals surface area contributed by atoms with Gasteiger partial charge in [-0.25, -0.2) is 14.4 Å². The van der Waals surface area contributed by atoms with Crippen LogP contribution in [0.2, 0.25) is 0 Å². The van der Waals surface area contributed by atoms with Gasteiger partial charge in [0.25, 0.3) is 0 Å². The average Bonchev–Trinajstić information content (AvgIpc) is 3.29. The standard InChI is InChI=1S/C16H17BrFN3/c1-3-19-15-9(2)14(20-16(21-15)10-7-8-10)11-5-4-6-12(17)13(11)18/h4-6,10H,3,7-8H2,1-2H3,(H,19,20,21). The third-order valence-electron chi connectivity index (χ3n) is 3.66. The van der Waals surface area contributed by atoms with E-state index in [2.05, 4.69) is 31.2 Å². The Morgan fingerprint density at radius 3 is 2.76 bits per heavy atom. The molecule has 21 heavy (non-hydrogen) atoms. The van der Waals surface area contributed by atoms with E-state index in [1.807, 2.05) is 19.9 Å². The highest BCUT2D eigenvalue weighted by Gasteiger charge is 2.28. The van der Waals surface area contributed by atoms with Gasteiger partial charge in [0.1, 0.15) is 17.5 Å². The van der Waals surface area contributed by atoms with Gasteiger partial charge in [0.2, 0.25) is 0 Å². The van der Waals surface area contributed by atoms with Crippen LogP contribution in [0.4, 0.5) is 10.2 Å². The van der Waals surface area contributed by atoms with Crippen molar-refractivity contribution in [2.24, 2.45) is 0 Å². The van der Waals surface area contributed by atoms with E-state index in [-0.39, 0.29) is 5.82 Å². The van der Waals surface area contributed by atoms with Crippen LogP contribution in [0.5, 0.6) is 0 Å². The second-order valence-electron chi connectivity index (χ2n) is 5.31. The number of hydrogen-bond donors (Lipinski definition) is 1. The van der Waals surface area contributed by atoms with Crippen LogP contribution in [-0.2, 0) is 0 Å². The number of hydrogen-bond acceptors (Lipinski definition) is 3. The predicted octanol–water partition coefficient (Wildman–Crippen LogP) is 4.66. The molecule has 1 heterocycles. The molecule has 0 atom stereocenters. The number of benzene rings is 1. The van der Waals surface area contributed by atoms with Crippen molar-refractivity contribution in [2.45, 2.75) is 32.6 Å². The summed E-state index contributed by atoms with van der Waals surface area (Å²) < 4.78 is 14.9. The summed E-state index contributed by atoms with van der Waals surface area (Å²) in [5, 5.41) is 3.26. The third-order valence-corrected chi connectivity index (χ3v) is 4.27. The number of anilines is 1. The second-order valence-corrected chi connectivity index (χ2v) is 6.16. The summed E-state index contributed by atoms with van der Waals surface area (Å²) in [7, 11) is 0. The lowest BCUT2D eigenvalue weighted by Crippen LogP contribution is -2.08. The minimum atomic E-state index is -0.275. The Morgan fingerprint density at radius 2 is 2.10 bits per heavy atom. The maximum Gasteiger partial charge on any atom is 0.146 e. The van der Waals surface area contributed by atoms with Crippen molar-refractivity contribution in [1.29, 1.82) is 0 Å². The van der Waals surface area contributed by atoms with Crippen LogP contribution in [-0.4, -0.2) is 16.5 Å². The molecule has 3 rings (SSSR count). The van der Waals surface area contributed by atoms with Gasteiger partial charge in [-0.3, -0.25) is 0 Å². The van der Waals surface area contributed by atoms with Crippen molar-refractivity contribution in [3.05, 3.63) is 39.9 Å². The molecule has 0 spiro atoms. The van der Waals surface area contributed by atoms with E-state index in [0.29, 0.717) is 21.6 Å². The quantitative estimate of drug-likeness (QED) is 0.871. The van der Waals surface area contributed by atoms with Gasteiger partial charge in [-0.2, -0.15) is 0 Å². The molecule has 1 saturated carbocycles. The summed E-state index contributed by atoms with van der Waals surface area (Å²) in [6.45, 7) is 4.74. The predicted molar refractivity (Wildman–Crippen MR) is 86.0 cm³/mol. The van der Waals surface area contributed by atoms with Crippen LogP contribution in [0.3, 0.4) is 0 Å². The fourth-order valence-corrected chi connectivity index (χ4v) is 2.71. The first-order valence-corrected chi connectivity index (χ1v) is 7.98. The van der Waals surface area contributed by atoms with Crippen LogP contribution in [0, 0.1) is 12.7 Å². The normalized spacial score (nSPS) is 14.3. The highest BCUT2D eigenvalue weighted by molar-refractivity contribution is 9.10. The Kier molecular flexibility index (Phi) is 3.93. The molecule has 0 unspecified atom stereocenters. The summed E-state index contributed by atoms with van der Waals surface area (Å²) in [6, 6.07) is 5.29. The number of nitrogens with one attached hydrogen (secondary N) is 1. The van der Waals surface area contributed by atoms with Crippen molar-refractivity contribution in [2.75, 3.05) is 11.9 Å². The zero-order valence-electron chi connectivity index (χ0n) is 12.1. The van der Waals surface area contributed by atoms with E-state index >= 15 is 0 Å². The molecular formula is C16H17BrFN3. The van der Waals surface area contributed by atoms with Crippen molar-refractivity contribution in [3.8, 4) is 11.3 Å². The zero-order valence-corrected chi connectivity index (χ0v) is 13.7. The van der Waals surface area contributed by atoms with Gasteiger partial charge in [-0.1, -0.05) is 6.07 Å². The lowest BCUT2D eigenvalue weighted by molar-refractivity contribution is 0.623. The Labute approximate surface area is 132 Å². The van der Waals surface area contributed by atoms with Crippen molar-refractivity contribution < 1.29 is 4.39 Å². The Balaban J connectivity index is 2.18. The summed E-state index contributed by atoms with van der Waals surface area (Å²) in [6.07, 6.45) is 2.24. The molecule has 2 aromatic rings. The molecule has 0 aliphatic heterocycles. The minimum absolute atomic E-state index is 0.275. The molecule has 0 amide bonds. The van der Waals surface area contributed by atoms with Crippen LogP contribution in [0.15, 0.2) is 22.7 Å². The van der Waals surface area contributed by atoms with Crippen molar-refractivity contribution >= 4 is 21.7 Å². The highest BCUT2D eigenvalue weighted by atomic mass is 79.9. The first-order valence-electron chi connectivity index (χ1n) is 7.18. The molecule has 5 heteroatoms. The van der Waals surface area contributed by atoms with E-state index in [9.17, 15) is 4.39 Å². The molecule has 1 aromatic carbocycles. The topological polar surface area (TPSA) is 37.8 Å². The molecule has 1 aliphatic carbocycles. The largest absolute Gasteiger partial charge is 0.370 e. The average molecular weight is 350 g/mol. The molecule has 0 radical (unpaired) electrons.